The molecule has 4 heteroatoms. The van der Waals surface area contributed by atoms with Crippen LogP contribution in [0.1, 0.15) is 20.8 Å². The number of carbonyl (C=O) groups excluding carboxylic acids is 1. The second kappa shape index (κ2) is 4.40. The first-order chi connectivity index (χ1) is 6.91. The van der Waals surface area contributed by atoms with Gasteiger partial charge in [0, 0.05) is 6.20 Å². The molecule has 0 aliphatic heterocycles. The van der Waals surface area contributed by atoms with Crippen LogP contribution >= 0.6 is 0 Å². The van der Waals surface area contributed by atoms with Crippen LogP contribution in [0.4, 0.5) is 5.82 Å². The summed E-state index contributed by atoms with van der Waals surface area (Å²) < 4.78 is 0. The first-order valence-corrected chi connectivity index (χ1v) is 4.89. The second-order valence-corrected chi connectivity index (χ2v) is 4.55. The van der Waals surface area contributed by atoms with Crippen LogP contribution in [-0.2, 0) is 4.79 Å². The summed E-state index contributed by atoms with van der Waals surface area (Å²) in [6.07, 6.45) is 1.62. The van der Waals surface area contributed by atoms with Gasteiger partial charge in [0.1, 0.15) is 5.82 Å². The molecule has 0 fully saturated rings. The van der Waals surface area contributed by atoms with Crippen LogP contribution in [0.5, 0.6) is 0 Å². The first kappa shape index (κ1) is 11.7. The number of amides is 1. The van der Waals surface area contributed by atoms with Gasteiger partial charge in [-0.2, -0.15) is 0 Å². The normalized spacial score (nSPS) is 13.3. The van der Waals surface area contributed by atoms with E-state index in [0.717, 1.165) is 0 Å². The molecule has 82 valence electrons. The molecule has 0 spiro atoms. The Morgan fingerprint density at radius 2 is 2.13 bits per heavy atom. The van der Waals surface area contributed by atoms with Crippen molar-refractivity contribution in [3.8, 4) is 0 Å². The van der Waals surface area contributed by atoms with Crippen LogP contribution in [0, 0.1) is 5.41 Å². The highest BCUT2D eigenvalue weighted by atomic mass is 16.2. The van der Waals surface area contributed by atoms with Crippen molar-refractivity contribution in [2.24, 2.45) is 11.1 Å². The summed E-state index contributed by atoms with van der Waals surface area (Å²) in [4.78, 5) is 15.7. The van der Waals surface area contributed by atoms with E-state index in [-0.39, 0.29) is 11.3 Å². The SMILES string of the molecule is CC(C)(C)[C@H](N)C(=O)Nc1ccccn1. The molecule has 0 aliphatic rings. The number of hydrogen-bond acceptors (Lipinski definition) is 3. The van der Waals surface area contributed by atoms with Crippen LogP contribution in [-0.4, -0.2) is 16.9 Å². The quantitative estimate of drug-likeness (QED) is 0.770. The lowest BCUT2D eigenvalue weighted by atomic mass is 9.87. The van der Waals surface area contributed by atoms with Gasteiger partial charge in [-0.05, 0) is 17.5 Å². The minimum Gasteiger partial charge on any atom is -0.319 e. The Morgan fingerprint density at radius 3 is 2.60 bits per heavy atom. The lowest BCUT2D eigenvalue weighted by Crippen LogP contribution is -2.45. The van der Waals surface area contributed by atoms with Crippen LogP contribution in [0.25, 0.3) is 0 Å². The van der Waals surface area contributed by atoms with Gasteiger partial charge < -0.3 is 11.1 Å². The van der Waals surface area contributed by atoms with Crippen molar-refractivity contribution in [3.05, 3.63) is 24.4 Å². The molecule has 1 rings (SSSR count). The number of nitrogens with two attached hydrogens (primary N) is 1. The molecule has 1 heterocycles. The maximum atomic E-state index is 11.7. The van der Waals surface area contributed by atoms with Crippen molar-refractivity contribution in [3.63, 3.8) is 0 Å². The third-order valence-electron chi connectivity index (χ3n) is 2.13. The molecule has 0 saturated carbocycles. The highest BCUT2D eigenvalue weighted by molar-refractivity contribution is 5.94. The lowest BCUT2D eigenvalue weighted by Gasteiger charge is -2.25. The van der Waals surface area contributed by atoms with Crippen molar-refractivity contribution >= 4 is 11.7 Å². The maximum absolute atomic E-state index is 11.7. The average molecular weight is 207 g/mol. The summed E-state index contributed by atoms with van der Waals surface area (Å²) in [5.74, 6) is 0.323. The molecule has 0 unspecified atom stereocenters. The minimum absolute atomic E-state index is 0.207. The van der Waals surface area contributed by atoms with E-state index in [1.165, 1.54) is 0 Å². The standard InChI is InChI=1S/C11H17N3O/c1-11(2,3)9(12)10(15)14-8-6-4-5-7-13-8/h4-7,9H,12H2,1-3H3,(H,13,14,15)/t9-/m1/s1. The molecule has 3 N–H and O–H groups in total. The Labute approximate surface area is 89.9 Å². The van der Waals surface area contributed by atoms with Gasteiger partial charge in [-0.25, -0.2) is 4.98 Å². The summed E-state index contributed by atoms with van der Waals surface area (Å²) in [5, 5.41) is 2.67. The Kier molecular flexibility index (Phi) is 3.42. The minimum atomic E-state index is -0.542. The molecule has 1 aromatic heterocycles. The molecule has 1 amide bonds. The highest BCUT2D eigenvalue weighted by Gasteiger charge is 2.27. The zero-order valence-electron chi connectivity index (χ0n) is 9.32. The zero-order valence-corrected chi connectivity index (χ0v) is 9.32. The van der Waals surface area contributed by atoms with Crippen molar-refractivity contribution in [2.45, 2.75) is 26.8 Å². The molecule has 0 radical (unpaired) electrons. The number of nitrogens with zero attached hydrogens (tertiary/aromatic N) is 1. The fourth-order valence-electron chi connectivity index (χ4n) is 1.03. The molecule has 0 aromatic carbocycles. The molecule has 15 heavy (non-hydrogen) atoms. The number of aromatic nitrogens is 1. The van der Waals surface area contributed by atoms with E-state index in [4.69, 9.17) is 5.73 Å². The number of hydrogen-bond donors (Lipinski definition) is 2. The number of nitrogens with one attached hydrogen (secondary N) is 1. The third kappa shape index (κ3) is 3.32. The van der Waals surface area contributed by atoms with Gasteiger partial charge in [0.25, 0.3) is 0 Å². The summed E-state index contributed by atoms with van der Waals surface area (Å²) in [6.45, 7) is 5.78. The molecule has 1 aromatic rings. The molecule has 0 bridgehead atoms. The zero-order chi connectivity index (χ0) is 11.5. The first-order valence-electron chi connectivity index (χ1n) is 4.89. The van der Waals surface area contributed by atoms with E-state index in [0.29, 0.717) is 5.82 Å². The largest absolute Gasteiger partial charge is 0.319 e. The van der Waals surface area contributed by atoms with E-state index in [2.05, 4.69) is 10.3 Å². The van der Waals surface area contributed by atoms with Gasteiger partial charge in [0.2, 0.25) is 5.91 Å². The van der Waals surface area contributed by atoms with Crippen LogP contribution < -0.4 is 11.1 Å². The lowest BCUT2D eigenvalue weighted by molar-refractivity contribution is -0.119. The predicted molar refractivity (Wildman–Crippen MR) is 60.3 cm³/mol. The second-order valence-electron chi connectivity index (χ2n) is 4.55. The van der Waals surface area contributed by atoms with Crippen molar-refractivity contribution in [1.82, 2.24) is 4.98 Å². The van der Waals surface area contributed by atoms with E-state index in [9.17, 15) is 4.79 Å². The highest BCUT2D eigenvalue weighted by Crippen LogP contribution is 2.18. The van der Waals surface area contributed by atoms with Gasteiger partial charge in [-0.3, -0.25) is 4.79 Å². The number of carbonyl (C=O) groups is 1. The maximum Gasteiger partial charge on any atom is 0.242 e. The Hall–Kier alpha value is -1.42. The van der Waals surface area contributed by atoms with E-state index >= 15 is 0 Å². The molecule has 1 atom stereocenters. The van der Waals surface area contributed by atoms with E-state index < -0.39 is 6.04 Å². The summed E-state index contributed by atoms with van der Waals surface area (Å²) in [6, 6.07) is 4.79. The van der Waals surface area contributed by atoms with Crippen LogP contribution in [0.15, 0.2) is 24.4 Å². The van der Waals surface area contributed by atoms with Crippen LogP contribution in [0.2, 0.25) is 0 Å². The topological polar surface area (TPSA) is 68.0 Å². The molecule has 0 aliphatic carbocycles. The summed E-state index contributed by atoms with van der Waals surface area (Å²) in [7, 11) is 0. The third-order valence-corrected chi connectivity index (χ3v) is 2.13. The van der Waals surface area contributed by atoms with Crippen LogP contribution in [0.3, 0.4) is 0 Å². The summed E-state index contributed by atoms with van der Waals surface area (Å²) in [5.41, 5.74) is 5.55. The molecule has 0 saturated heterocycles. The molecular weight excluding hydrogens is 190 g/mol. The van der Waals surface area contributed by atoms with Gasteiger partial charge in [0.05, 0.1) is 6.04 Å². The van der Waals surface area contributed by atoms with Crippen molar-refractivity contribution in [1.29, 1.82) is 0 Å². The number of rotatable bonds is 2. The molecular formula is C11H17N3O. The molecule has 4 nitrogen and oxygen atoms in total. The van der Waals surface area contributed by atoms with Gasteiger partial charge in [0.15, 0.2) is 0 Å². The summed E-state index contributed by atoms with van der Waals surface area (Å²) >= 11 is 0. The van der Waals surface area contributed by atoms with Gasteiger partial charge >= 0.3 is 0 Å². The average Bonchev–Trinajstić information content (AvgIpc) is 2.16. The fourth-order valence-corrected chi connectivity index (χ4v) is 1.03. The Balaban J connectivity index is 2.65. The van der Waals surface area contributed by atoms with E-state index in [1.54, 1.807) is 18.3 Å². The van der Waals surface area contributed by atoms with Gasteiger partial charge in [-0.1, -0.05) is 26.8 Å². The predicted octanol–water partition coefficient (Wildman–Crippen LogP) is 1.39. The van der Waals surface area contributed by atoms with Crippen molar-refractivity contribution in [2.75, 3.05) is 5.32 Å². The van der Waals surface area contributed by atoms with Gasteiger partial charge in [-0.15, -0.1) is 0 Å². The Bertz CT molecular complexity index is 329. The monoisotopic (exact) mass is 207 g/mol. The smallest absolute Gasteiger partial charge is 0.242 e. The number of pyridine rings is 1. The van der Waals surface area contributed by atoms with Crippen molar-refractivity contribution < 1.29 is 4.79 Å². The fraction of sp³-hybridized carbons (Fsp3) is 0.455. The van der Waals surface area contributed by atoms with E-state index in [1.807, 2.05) is 26.8 Å². The number of anilines is 1. The Morgan fingerprint density at radius 1 is 1.47 bits per heavy atom.